The van der Waals surface area contributed by atoms with Gasteiger partial charge in [-0.1, -0.05) is 35.9 Å². The summed E-state index contributed by atoms with van der Waals surface area (Å²) in [5.74, 6) is 1.27. The van der Waals surface area contributed by atoms with E-state index in [4.69, 9.17) is 26.8 Å². The van der Waals surface area contributed by atoms with Gasteiger partial charge in [-0.05, 0) is 29.8 Å². The van der Waals surface area contributed by atoms with Crippen molar-refractivity contribution < 1.29 is 13.9 Å². The van der Waals surface area contributed by atoms with Crippen LogP contribution >= 0.6 is 11.6 Å². The topological polar surface area (TPSA) is 70.3 Å². The summed E-state index contributed by atoms with van der Waals surface area (Å²) in [4.78, 5) is 8.40. The fraction of sp³-hybridized carbons (Fsp3) is 0.111. The van der Waals surface area contributed by atoms with Crippen LogP contribution in [-0.4, -0.2) is 17.1 Å². The standard InChI is InChI=1S/C18H15ClFN3O2/c1-24-13-7-2-3-8-14(13)25-16-17(19)22-15(23-18(16)21)10-11-5-4-6-12(20)9-11/h2-9H,10H2,1H3,(H2,21,22,23). The molecule has 1 heterocycles. The molecule has 0 saturated carbocycles. The number of benzene rings is 2. The van der Waals surface area contributed by atoms with Crippen LogP contribution in [-0.2, 0) is 6.42 Å². The molecule has 25 heavy (non-hydrogen) atoms. The first-order chi connectivity index (χ1) is 12.1. The fourth-order valence-electron chi connectivity index (χ4n) is 2.30. The molecule has 0 saturated heterocycles. The lowest BCUT2D eigenvalue weighted by molar-refractivity contribution is 0.378. The van der Waals surface area contributed by atoms with E-state index in [-0.39, 0.29) is 22.5 Å². The van der Waals surface area contributed by atoms with E-state index in [1.807, 2.05) is 6.07 Å². The molecule has 3 aromatic rings. The maximum Gasteiger partial charge on any atom is 0.206 e. The molecule has 0 bridgehead atoms. The Labute approximate surface area is 149 Å². The van der Waals surface area contributed by atoms with Crippen molar-refractivity contribution >= 4 is 17.4 Å². The minimum atomic E-state index is -0.326. The molecule has 7 heteroatoms. The van der Waals surface area contributed by atoms with Crippen LogP contribution < -0.4 is 15.2 Å². The number of hydrogen-bond donors (Lipinski definition) is 1. The van der Waals surface area contributed by atoms with Gasteiger partial charge in [0.1, 0.15) is 11.6 Å². The van der Waals surface area contributed by atoms with E-state index in [0.29, 0.717) is 29.3 Å². The van der Waals surface area contributed by atoms with Crippen molar-refractivity contribution in [3.63, 3.8) is 0 Å². The van der Waals surface area contributed by atoms with Crippen molar-refractivity contribution in [3.8, 4) is 17.2 Å². The second-order valence-electron chi connectivity index (χ2n) is 5.20. The van der Waals surface area contributed by atoms with Crippen LogP contribution in [0.1, 0.15) is 11.4 Å². The normalized spacial score (nSPS) is 10.5. The summed E-state index contributed by atoms with van der Waals surface area (Å²) in [5, 5.41) is 0.0739. The first-order valence-electron chi connectivity index (χ1n) is 7.44. The third kappa shape index (κ3) is 3.97. The highest BCUT2D eigenvalue weighted by Gasteiger charge is 2.15. The number of nitrogens with zero attached hydrogens (tertiary/aromatic N) is 2. The highest BCUT2D eigenvalue weighted by molar-refractivity contribution is 6.31. The van der Waals surface area contributed by atoms with Crippen molar-refractivity contribution in [2.45, 2.75) is 6.42 Å². The molecule has 0 fully saturated rings. The monoisotopic (exact) mass is 359 g/mol. The lowest BCUT2D eigenvalue weighted by atomic mass is 10.1. The Morgan fingerprint density at radius 3 is 2.52 bits per heavy atom. The van der Waals surface area contributed by atoms with Crippen LogP contribution in [0.5, 0.6) is 17.2 Å². The van der Waals surface area contributed by atoms with Gasteiger partial charge in [0.25, 0.3) is 0 Å². The molecule has 0 aliphatic rings. The number of hydrogen-bond acceptors (Lipinski definition) is 5. The lowest BCUT2D eigenvalue weighted by Gasteiger charge is -2.13. The fourth-order valence-corrected chi connectivity index (χ4v) is 2.53. The van der Waals surface area contributed by atoms with Gasteiger partial charge in [-0.2, -0.15) is 0 Å². The van der Waals surface area contributed by atoms with Gasteiger partial charge in [0, 0.05) is 6.42 Å². The van der Waals surface area contributed by atoms with E-state index in [2.05, 4.69) is 9.97 Å². The van der Waals surface area contributed by atoms with E-state index < -0.39 is 0 Å². The summed E-state index contributed by atoms with van der Waals surface area (Å²) < 4.78 is 24.2. The molecule has 128 valence electrons. The Morgan fingerprint density at radius 1 is 1.08 bits per heavy atom. The summed E-state index contributed by atoms with van der Waals surface area (Å²) in [7, 11) is 1.53. The number of methoxy groups -OCH3 is 1. The molecule has 3 rings (SSSR count). The Hall–Kier alpha value is -2.86. The van der Waals surface area contributed by atoms with Crippen molar-refractivity contribution in [3.05, 3.63) is 70.9 Å². The van der Waals surface area contributed by atoms with Crippen molar-refractivity contribution in [1.82, 2.24) is 9.97 Å². The quantitative estimate of drug-likeness (QED) is 0.690. The lowest BCUT2D eigenvalue weighted by Crippen LogP contribution is -2.04. The zero-order valence-corrected chi connectivity index (χ0v) is 14.1. The molecule has 2 N–H and O–H groups in total. The second kappa shape index (κ2) is 7.36. The molecule has 0 amide bonds. The minimum Gasteiger partial charge on any atom is -0.493 e. The average Bonchev–Trinajstić information content (AvgIpc) is 2.58. The second-order valence-corrected chi connectivity index (χ2v) is 5.56. The molecule has 0 radical (unpaired) electrons. The first kappa shape index (κ1) is 17.0. The molecule has 1 aromatic heterocycles. The van der Waals surface area contributed by atoms with Crippen molar-refractivity contribution in [2.24, 2.45) is 0 Å². The zero-order chi connectivity index (χ0) is 17.8. The molecule has 0 aliphatic heterocycles. The number of rotatable bonds is 5. The Balaban J connectivity index is 1.87. The Morgan fingerprint density at radius 2 is 1.84 bits per heavy atom. The van der Waals surface area contributed by atoms with Gasteiger partial charge in [-0.3, -0.25) is 0 Å². The number of para-hydroxylation sites is 2. The minimum absolute atomic E-state index is 0.0739. The number of nitrogen functional groups attached to an aromatic ring is 1. The predicted molar refractivity (Wildman–Crippen MR) is 93.7 cm³/mol. The molecule has 0 unspecified atom stereocenters. The molecular weight excluding hydrogens is 345 g/mol. The van der Waals surface area contributed by atoms with Gasteiger partial charge in [0.2, 0.25) is 5.75 Å². The molecule has 0 spiro atoms. The predicted octanol–water partition coefficient (Wildman–Crippen LogP) is 4.24. The van der Waals surface area contributed by atoms with Crippen LogP contribution in [0.15, 0.2) is 48.5 Å². The smallest absolute Gasteiger partial charge is 0.206 e. The number of anilines is 1. The number of nitrogens with two attached hydrogens (primary N) is 1. The van der Waals surface area contributed by atoms with E-state index in [1.165, 1.54) is 19.2 Å². The van der Waals surface area contributed by atoms with Gasteiger partial charge in [-0.15, -0.1) is 0 Å². The highest BCUT2D eigenvalue weighted by atomic mass is 35.5. The zero-order valence-electron chi connectivity index (χ0n) is 13.4. The Kier molecular flexibility index (Phi) is 5.00. The van der Waals surface area contributed by atoms with E-state index in [1.54, 1.807) is 30.3 Å². The largest absolute Gasteiger partial charge is 0.493 e. The van der Waals surface area contributed by atoms with Gasteiger partial charge in [0.05, 0.1) is 7.11 Å². The number of halogens is 2. The summed E-state index contributed by atoms with van der Waals surface area (Å²) in [6.45, 7) is 0. The number of aromatic nitrogens is 2. The molecular formula is C18H15ClFN3O2. The summed E-state index contributed by atoms with van der Waals surface area (Å²) in [6.07, 6.45) is 0.302. The van der Waals surface area contributed by atoms with Crippen LogP contribution in [0, 0.1) is 5.82 Å². The highest BCUT2D eigenvalue weighted by Crippen LogP contribution is 2.37. The molecule has 5 nitrogen and oxygen atoms in total. The molecule has 0 atom stereocenters. The van der Waals surface area contributed by atoms with Gasteiger partial charge in [0.15, 0.2) is 22.5 Å². The van der Waals surface area contributed by atoms with Crippen LogP contribution in [0.25, 0.3) is 0 Å². The third-order valence-corrected chi connectivity index (χ3v) is 3.69. The SMILES string of the molecule is COc1ccccc1Oc1c(N)nc(Cc2cccc(F)c2)nc1Cl. The van der Waals surface area contributed by atoms with Crippen LogP contribution in [0.3, 0.4) is 0 Å². The summed E-state index contributed by atoms with van der Waals surface area (Å²) in [6, 6.07) is 13.2. The maximum absolute atomic E-state index is 13.3. The van der Waals surface area contributed by atoms with Gasteiger partial charge in [-0.25, -0.2) is 14.4 Å². The third-order valence-electron chi connectivity index (χ3n) is 3.43. The number of ether oxygens (including phenoxy) is 2. The Bertz CT molecular complexity index is 882. The van der Waals surface area contributed by atoms with Crippen molar-refractivity contribution in [2.75, 3.05) is 12.8 Å². The summed E-state index contributed by atoms with van der Waals surface area (Å²) >= 11 is 6.21. The molecule has 2 aromatic carbocycles. The van der Waals surface area contributed by atoms with E-state index >= 15 is 0 Å². The van der Waals surface area contributed by atoms with Crippen LogP contribution in [0.4, 0.5) is 10.2 Å². The van der Waals surface area contributed by atoms with E-state index in [9.17, 15) is 4.39 Å². The van der Waals surface area contributed by atoms with E-state index in [0.717, 1.165) is 0 Å². The van der Waals surface area contributed by atoms with Gasteiger partial charge >= 0.3 is 0 Å². The molecule has 0 aliphatic carbocycles. The summed E-state index contributed by atoms with van der Waals surface area (Å²) in [5.41, 5.74) is 6.69. The van der Waals surface area contributed by atoms with Gasteiger partial charge < -0.3 is 15.2 Å². The first-order valence-corrected chi connectivity index (χ1v) is 7.82. The van der Waals surface area contributed by atoms with Crippen LogP contribution in [0.2, 0.25) is 5.15 Å². The van der Waals surface area contributed by atoms with Crippen molar-refractivity contribution in [1.29, 1.82) is 0 Å². The average molecular weight is 360 g/mol. The maximum atomic E-state index is 13.3.